The van der Waals surface area contributed by atoms with Crippen LogP contribution in [-0.2, 0) is 11.2 Å². The summed E-state index contributed by atoms with van der Waals surface area (Å²) in [4.78, 5) is 12.4. The zero-order chi connectivity index (χ0) is 19.2. The molecule has 0 saturated carbocycles. The summed E-state index contributed by atoms with van der Waals surface area (Å²) in [7, 11) is 3.26. The third-order valence-corrected chi connectivity index (χ3v) is 4.76. The number of rotatable bonds is 7. The van der Waals surface area contributed by atoms with E-state index in [4.69, 9.17) is 9.47 Å². The molecule has 0 aliphatic heterocycles. The molecule has 1 unspecified atom stereocenters. The Kier molecular flexibility index (Phi) is 5.97. The second-order valence-corrected chi connectivity index (χ2v) is 6.57. The summed E-state index contributed by atoms with van der Waals surface area (Å²) in [5, 5.41) is 5.46. The van der Waals surface area contributed by atoms with Crippen LogP contribution in [0.1, 0.15) is 30.5 Å². The molecule has 0 aliphatic rings. The zero-order valence-electron chi connectivity index (χ0n) is 16.0. The number of hydrogen-bond acceptors (Lipinski definition) is 3. The lowest BCUT2D eigenvalue weighted by Gasteiger charge is -2.16. The molecule has 0 aromatic heterocycles. The van der Waals surface area contributed by atoms with Crippen LogP contribution >= 0.6 is 0 Å². The maximum atomic E-state index is 12.4. The van der Waals surface area contributed by atoms with Gasteiger partial charge in [0.05, 0.1) is 20.3 Å². The Morgan fingerprint density at radius 3 is 2.48 bits per heavy atom. The van der Waals surface area contributed by atoms with Gasteiger partial charge < -0.3 is 14.8 Å². The Balaban J connectivity index is 1.63. The van der Waals surface area contributed by atoms with E-state index >= 15 is 0 Å². The summed E-state index contributed by atoms with van der Waals surface area (Å²) in [6, 6.07) is 20.1. The number of amides is 1. The van der Waals surface area contributed by atoms with Crippen LogP contribution in [0.4, 0.5) is 0 Å². The van der Waals surface area contributed by atoms with Gasteiger partial charge >= 0.3 is 0 Å². The van der Waals surface area contributed by atoms with Gasteiger partial charge in [-0.25, -0.2) is 0 Å². The molecule has 0 bridgehead atoms. The van der Waals surface area contributed by atoms with Crippen LogP contribution in [0.5, 0.6) is 11.5 Å². The maximum Gasteiger partial charge on any atom is 0.220 e. The first-order chi connectivity index (χ1) is 13.1. The fourth-order valence-corrected chi connectivity index (χ4v) is 3.20. The van der Waals surface area contributed by atoms with Gasteiger partial charge in [0.1, 0.15) is 11.5 Å². The number of benzene rings is 3. The van der Waals surface area contributed by atoms with E-state index in [9.17, 15) is 4.79 Å². The first-order valence-electron chi connectivity index (χ1n) is 9.09. The molecule has 0 spiro atoms. The summed E-state index contributed by atoms with van der Waals surface area (Å²) in [6.07, 6.45) is 0.984. The molecule has 1 amide bonds. The maximum absolute atomic E-state index is 12.4. The van der Waals surface area contributed by atoms with E-state index in [-0.39, 0.29) is 11.9 Å². The van der Waals surface area contributed by atoms with Gasteiger partial charge in [0.15, 0.2) is 0 Å². The van der Waals surface area contributed by atoms with E-state index in [0.717, 1.165) is 22.6 Å². The standard InChI is InChI=1S/C23H25NO3/c1-16(18-9-8-17-6-4-5-7-19(17)14-18)24-23(25)13-10-20-15-21(26-2)11-12-22(20)27-3/h4-9,11-12,14-16H,10,13H2,1-3H3,(H,24,25). The number of aryl methyl sites for hydroxylation is 1. The molecule has 0 heterocycles. The predicted molar refractivity (Wildman–Crippen MR) is 108 cm³/mol. The first-order valence-corrected chi connectivity index (χ1v) is 9.09. The monoisotopic (exact) mass is 363 g/mol. The molecule has 27 heavy (non-hydrogen) atoms. The lowest BCUT2D eigenvalue weighted by Crippen LogP contribution is -2.26. The van der Waals surface area contributed by atoms with Gasteiger partial charge in [-0.3, -0.25) is 4.79 Å². The second kappa shape index (κ2) is 8.58. The van der Waals surface area contributed by atoms with Gasteiger partial charge in [0, 0.05) is 6.42 Å². The van der Waals surface area contributed by atoms with Crippen molar-refractivity contribution in [2.45, 2.75) is 25.8 Å². The van der Waals surface area contributed by atoms with E-state index in [1.165, 1.54) is 10.8 Å². The highest BCUT2D eigenvalue weighted by molar-refractivity contribution is 5.83. The molecule has 0 aliphatic carbocycles. The highest BCUT2D eigenvalue weighted by Gasteiger charge is 2.12. The number of hydrogen-bond donors (Lipinski definition) is 1. The number of methoxy groups -OCH3 is 2. The van der Waals surface area contributed by atoms with E-state index in [0.29, 0.717) is 12.8 Å². The van der Waals surface area contributed by atoms with Crippen LogP contribution in [0.15, 0.2) is 60.7 Å². The van der Waals surface area contributed by atoms with Gasteiger partial charge in [-0.05, 0) is 59.5 Å². The Morgan fingerprint density at radius 1 is 0.963 bits per heavy atom. The van der Waals surface area contributed by atoms with Crippen molar-refractivity contribution in [2.75, 3.05) is 14.2 Å². The van der Waals surface area contributed by atoms with Gasteiger partial charge in [-0.2, -0.15) is 0 Å². The number of nitrogens with one attached hydrogen (secondary N) is 1. The Bertz CT molecular complexity index is 936. The normalized spacial score (nSPS) is 11.8. The van der Waals surface area contributed by atoms with Crippen LogP contribution in [0.3, 0.4) is 0 Å². The molecule has 1 N–H and O–H groups in total. The molecule has 3 rings (SSSR count). The zero-order valence-corrected chi connectivity index (χ0v) is 16.0. The molecule has 0 radical (unpaired) electrons. The number of carbonyl (C=O) groups is 1. The predicted octanol–water partition coefficient (Wildman–Crippen LogP) is 4.67. The number of ether oxygens (including phenoxy) is 2. The van der Waals surface area contributed by atoms with Crippen molar-refractivity contribution >= 4 is 16.7 Å². The lowest BCUT2D eigenvalue weighted by molar-refractivity contribution is -0.121. The minimum atomic E-state index is -0.0469. The van der Waals surface area contributed by atoms with Crippen molar-refractivity contribution in [1.82, 2.24) is 5.32 Å². The minimum Gasteiger partial charge on any atom is -0.497 e. The number of fused-ring (bicyclic) bond motifs is 1. The van der Waals surface area contributed by atoms with Crippen molar-refractivity contribution in [3.05, 3.63) is 71.8 Å². The molecule has 0 saturated heterocycles. The third-order valence-electron chi connectivity index (χ3n) is 4.76. The van der Waals surface area contributed by atoms with E-state index in [1.54, 1.807) is 14.2 Å². The average molecular weight is 363 g/mol. The van der Waals surface area contributed by atoms with Crippen molar-refractivity contribution < 1.29 is 14.3 Å². The summed E-state index contributed by atoms with van der Waals surface area (Å²) in [6.45, 7) is 2.01. The number of carbonyl (C=O) groups excluding carboxylic acids is 1. The van der Waals surface area contributed by atoms with Gasteiger partial charge in [0.25, 0.3) is 0 Å². The van der Waals surface area contributed by atoms with Crippen molar-refractivity contribution in [2.24, 2.45) is 0 Å². The minimum absolute atomic E-state index is 0.0144. The summed E-state index contributed by atoms with van der Waals surface area (Å²) >= 11 is 0. The second-order valence-electron chi connectivity index (χ2n) is 6.57. The fraction of sp³-hybridized carbons (Fsp3) is 0.261. The van der Waals surface area contributed by atoms with Crippen molar-refractivity contribution in [1.29, 1.82) is 0 Å². The molecule has 140 valence electrons. The molecule has 4 nitrogen and oxygen atoms in total. The van der Waals surface area contributed by atoms with Crippen molar-refractivity contribution in [3.8, 4) is 11.5 Å². The quantitative estimate of drug-likeness (QED) is 0.664. The topological polar surface area (TPSA) is 47.6 Å². The van der Waals surface area contributed by atoms with E-state index in [2.05, 4.69) is 35.6 Å². The van der Waals surface area contributed by atoms with E-state index in [1.807, 2.05) is 37.3 Å². The van der Waals surface area contributed by atoms with Crippen LogP contribution < -0.4 is 14.8 Å². The smallest absolute Gasteiger partial charge is 0.220 e. The first kappa shape index (κ1) is 18.8. The lowest BCUT2D eigenvalue weighted by atomic mass is 10.0. The van der Waals surface area contributed by atoms with Crippen LogP contribution in [-0.4, -0.2) is 20.1 Å². The largest absolute Gasteiger partial charge is 0.497 e. The van der Waals surface area contributed by atoms with E-state index < -0.39 is 0 Å². The highest BCUT2D eigenvalue weighted by Crippen LogP contribution is 2.25. The molecule has 3 aromatic carbocycles. The summed E-state index contributed by atoms with van der Waals surface area (Å²) in [5.74, 6) is 1.54. The molecule has 1 atom stereocenters. The fourth-order valence-electron chi connectivity index (χ4n) is 3.20. The highest BCUT2D eigenvalue weighted by atomic mass is 16.5. The van der Waals surface area contributed by atoms with Gasteiger partial charge in [0.2, 0.25) is 5.91 Å². The Hall–Kier alpha value is -3.01. The van der Waals surface area contributed by atoms with Crippen LogP contribution in [0, 0.1) is 0 Å². The van der Waals surface area contributed by atoms with Crippen molar-refractivity contribution in [3.63, 3.8) is 0 Å². The van der Waals surface area contributed by atoms with Crippen LogP contribution in [0.2, 0.25) is 0 Å². The molecule has 0 fully saturated rings. The summed E-state index contributed by atoms with van der Waals surface area (Å²) in [5.41, 5.74) is 2.06. The Labute approximate surface area is 160 Å². The SMILES string of the molecule is COc1ccc(OC)c(CCC(=O)NC(C)c2ccc3ccccc3c2)c1. The molecular weight excluding hydrogens is 338 g/mol. The summed E-state index contributed by atoms with van der Waals surface area (Å²) < 4.78 is 10.6. The molecular formula is C23H25NO3. The molecule has 3 aromatic rings. The molecule has 4 heteroatoms. The average Bonchev–Trinajstić information content (AvgIpc) is 2.71. The van der Waals surface area contributed by atoms with Gasteiger partial charge in [-0.1, -0.05) is 36.4 Å². The van der Waals surface area contributed by atoms with Gasteiger partial charge in [-0.15, -0.1) is 0 Å². The Morgan fingerprint density at radius 2 is 1.74 bits per heavy atom. The third kappa shape index (κ3) is 4.59. The van der Waals surface area contributed by atoms with Crippen LogP contribution in [0.25, 0.3) is 10.8 Å².